The molecule has 6 nitrogen and oxygen atoms in total. The van der Waals surface area contributed by atoms with E-state index < -0.39 is 11.8 Å². The Morgan fingerprint density at radius 1 is 0.885 bits per heavy atom. The molecule has 0 aliphatic carbocycles. The lowest BCUT2D eigenvalue weighted by atomic mass is 10.2. The van der Waals surface area contributed by atoms with Gasteiger partial charge in [-0.15, -0.1) is 0 Å². The maximum Gasteiger partial charge on any atom is 0.305 e. The number of hydrazine groups is 1. The number of furan rings is 1. The van der Waals surface area contributed by atoms with E-state index in [1.807, 2.05) is 0 Å². The van der Waals surface area contributed by atoms with Crippen LogP contribution in [0.4, 0.5) is 4.39 Å². The first-order valence-corrected chi connectivity index (χ1v) is 7.67. The Balaban J connectivity index is 1.61. The van der Waals surface area contributed by atoms with Crippen molar-refractivity contribution in [2.75, 3.05) is 7.11 Å². The van der Waals surface area contributed by atoms with Crippen LogP contribution in [0.25, 0.3) is 11.3 Å². The van der Waals surface area contributed by atoms with Crippen LogP contribution in [0.2, 0.25) is 0 Å². The third kappa shape index (κ3) is 3.89. The molecule has 1 aromatic heterocycles. The summed E-state index contributed by atoms with van der Waals surface area (Å²) in [5.74, 6) is -0.406. The molecule has 0 aliphatic heterocycles. The highest BCUT2D eigenvalue weighted by Crippen LogP contribution is 2.22. The largest absolute Gasteiger partial charge is 0.497 e. The van der Waals surface area contributed by atoms with Crippen LogP contribution in [-0.4, -0.2) is 18.9 Å². The predicted molar refractivity (Wildman–Crippen MR) is 92.0 cm³/mol. The molecule has 2 aromatic carbocycles. The summed E-state index contributed by atoms with van der Waals surface area (Å²) in [5, 5.41) is 0. The number of amides is 2. The lowest BCUT2D eigenvalue weighted by molar-refractivity contribution is 0.0831. The maximum atomic E-state index is 13.0. The molecule has 0 aliphatic rings. The van der Waals surface area contributed by atoms with Crippen molar-refractivity contribution in [3.63, 3.8) is 0 Å². The molecule has 0 saturated carbocycles. The normalized spacial score (nSPS) is 10.2. The SMILES string of the molecule is COc1ccc(C(=O)NNC(=O)c2ccc(-c3ccc(F)cc3)o2)cc1. The smallest absolute Gasteiger partial charge is 0.305 e. The van der Waals surface area contributed by atoms with Gasteiger partial charge in [0.2, 0.25) is 0 Å². The van der Waals surface area contributed by atoms with Crippen molar-refractivity contribution < 1.29 is 23.1 Å². The topological polar surface area (TPSA) is 80.6 Å². The molecular weight excluding hydrogens is 339 g/mol. The van der Waals surface area contributed by atoms with Crippen LogP contribution in [0, 0.1) is 5.82 Å². The summed E-state index contributed by atoms with van der Waals surface area (Å²) < 4.78 is 23.4. The number of methoxy groups -OCH3 is 1. The van der Waals surface area contributed by atoms with E-state index in [0.29, 0.717) is 22.6 Å². The molecule has 3 aromatic rings. The van der Waals surface area contributed by atoms with Gasteiger partial charge in [0.15, 0.2) is 5.76 Å². The fourth-order valence-corrected chi connectivity index (χ4v) is 2.22. The number of rotatable bonds is 4. The summed E-state index contributed by atoms with van der Waals surface area (Å²) >= 11 is 0. The van der Waals surface area contributed by atoms with E-state index in [2.05, 4.69) is 10.9 Å². The standard InChI is InChI=1S/C19H15FN2O4/c1-25-15-8-4-13(5-9-15)18(23)21-22-19(24)17-11-10-16(26-17)12-2-6-14(20)7-3-12/h2-11H,1H3,(H,21,23)(H,22,24). The molecule has 0 fully saturated rings. The lowest BCUT2D eigenvalue weighted by Crippen LogP contribution is -2.41. The quantitative estimate of drug-likeness (QED) is 0.705. The molecule has 0 spiro atoms. The highest BCUT2D eigenvalue weighted by Gasteiger charge is 2.14. The summed E-state index contributed by atoms with van der Waals surface area (Å²) in [6.07, 6.45) is 0. The number of benzene rings is 2. The Kier molecular flexibility index (Phi) is 4.98. The molecule has 7 heteroatoms. The Morgan fingerprint density at radius 2 is 1.54 bits per heavy atom. The second-order valence-electron chi connectivity index (χ2n) is 5.31. The van der Waals surface area contributed by atoms with E-state index in [-0.39, 0.29) is 11.6 Å². The summed E-state index contributed by atoms with van der Waals surface area (Å²) in [7, 11) is 1.53. The molecule has 0 saturated heterocycles. The van der Waals surface area contributed by atoms with Gasteiger partial charge in [-0.25, -0.2) is 4.39 Å². The number of hydrogen-bond acceptors (Lipinski definition) is 4. The Hall–Kier alpha value is -3.61. The molecule has 132 valence electrons. The zero-order valence-corrected chi connectivity index (χ0v) is 13.8. The minimum absolute atomic E-state index is 0.0133. The number of nitrogens with one attached hydrogen (secondary N) is 2. The van der Waals surface area contributed by atoms with Crippen molar-refractivity contribution in [1.82, 2.24) is 10.9 Å². The molecule has 3 rings (SSSR count). The fraction of sp³-hybridized carbons (Fsp3) is 0.0526. The zero-order valence-electron chi connectivity index (χ0n) is 13.8. The molecule has 0 bridgehead atoms. The van der Waals surface area contributed by atoms with Crippen LogP contribution < -0.4 is 15.6 Å². The van der Waals surface area contributed by atoms with Crippen LogP contribution >= 0.6 is 0 Å². The first-order chi connectivity index (χ1) is 12.6. The van der Waals surface area contributed by atoms with Gasteiger partial charge in [-0.1, -0.05) is 0 Å². The number of hydrogen-bond donors (Lipinski definition) is 2. The summed E-state index contributed by atoms with van der Waals surface area (Å²) in [4.78, 5) is 24.1. The third-order valence-corrected chi connectivity index (χ3v) is 3.60. The summed E-state index contributed by atoms with van der Waals surface area (Å²) in [6, 6.07) is 15.2. The highest BCUT2D eigenvalue weighted by atomic mass is 19.1. The molecule has 2 amide bonds. The molecule has 0 radical (unpaired) electrons. The second-order valence-corrected chi connectivity index (χ2v) is 5.31. The first kappa shape index (κ1) is 17.2. The number of carbonyl (C=O) groups is 2. The van der Waals surface area contributed by atoms with Gasteiger partial charge in [-0.2, -0.15) is 0 Å². The van der Waals surface area contributed by atoms with Gasteiger partial charge in [0.1, 0.15) is 17.3 Å². The number of ether oxygens (including phenoxy) is 1. The van der Waals surface area contributed by atoms with Crippen LogP contribution in [0.15, 0.2) is 65.1 Å². The Morgan fingerprint density at radius 3 is 2.19 bits per heavy atom. The fourth-order valence-electron chi connectivity index (χ4n) is 2.22. The van der Waals surface area contributed by atoms with Crippen LogP contribution in [-0.2, 0) is 0 Å². The minimum Gasteiger partial charge on any atom is -0.497 e. The van der Waals surface area contributed by atoms with Crippen LogP contribution in [0.3, 0.4) is 0 Å². The first-order valence-electron chi connectivity index (χ1n) is 7.67. The van der Waals surface area contributed by atoms with Crippen molar-refractivity contribution in [3.05, 3.63) is 77.8 Å². The van der Waals surface area contributed by atoms with Crippen molar-refractivity contribution >= 4 is 11.8 Å². The average Bonchev–Trinajstić information content (AvgIpc) is 3.16. The van der Waals surface area contributed by atoms with E-state index in [9.17, 15) is 14.0 Å². The van der Waals surface area contributed by atoms with Crippen molar-refractivity contribution in [2.24, 2.45) is 0 Å². The van der Waals surface area contributed by atoms with Crippen molar-refractivity contribution in [2.45, 2.75) is 0 Å². The van der Waals surface area contributed by atoms with Crippen LogP contribution in [0.5, 0.6) is 5.75 Å². The Labute approximate surface area is 148 Å². The predicted octanol–water partition coefficient (Wildman–Crippen LogP) is 3.17. The van der Waals surface area contributed by atoms with Gasteiger partial charge in [-0.3, -0.25) is 20.4 Å². The molecule has 2 N–H and O–H groups in total. The average molecular weight is 354 g/mol. The molecule has 0 atom stereocenters. The van der Waals surface area contributed by atoms with Crippen molar-refractivity contribution in [1.29, 1.82) is 0 Å². The Bertz CT molecular complexity index is 917. The van der Waals surface area contributed by atoms with Crippen molar-refractivity contribution in [3.8, 4) is 17.1 Å². The maximum absolute atomic E-state index is 13.0. The monoisotopic (exact) mass is 354 g/mol. The van der Waals surface area contributed by atoms with Gasteiger partial charge < -0.3 is 9.15 Å². The number of carbonyl (C=O) groups excluding carboxylic acids is 2. The van der Waals surface area contributed by atoms with E-state index in [4.69, 9.17) is 9.15 Å². The number of halogens is 1. The van der Waals surface area contributed by atoms with Gasteiger partial charge in [0.05, 0.1) is 7.11 Å². The van der Waals surface area contributed by atoms with Gasteiger partial charge in [-0.05, 0) is 60.7 Å². The molecule has 26 heavy (non-hydrogen) atoms. The zero-order chi connectivity index (χ0) is 18.5. The molecular formula is C19H15FN2O4. The van der Waals surface area contributed by atoms with Crippen LogP contribution in [0.1, 0.15) is 20.9 Å². The van der Waals surface area contributed by atoms with Gasteiger partial charge in [0.25, 0.3) is 5.91 Å². The van der Waals surface area contributed by atoms with Gasteiger partial charge >= 0.3 is 5.91 Å². The highest BCUT2D eigenvalue weighted by molar-refractivity contribution is 5.98. The van der Waals surface area contributed by atoms with E-state index in [0.717, 1.165) is 0 Å². The second kappa shape index (κ2) is 7.52. The van der Waals surface area contributed by atoms with E-state index >= 15 is 0 Å². The van der Waals surface area contributed by atoms with Gasteiger partial charge in [0, 0.05) is 11.1 Å². The van der Waals surface area contributed by atoms with E-state index in [1.165, 1.54) is 25.3 Å². The summed E-state index contributed by atoms with van der Waals surface area (Å²) in [5.41, 5.74) is 5.57. The summed E-state index contributed by atoms with van der Waals surface area (Å²) in [6.45, 7) is 0. The molecule has 0 unspecified atom stereocenters. The third-order valence-electron chi connectivity index (χ3n) is 3.60. The van der Waals surface area contributed by atoms with E-state index in [1.54, 1.807) is 42.5 Å². The molecule has 1 heterocycles. The minimum atomic E-state index is -0.611. The lowest BCUT2D eigenvalue weighted by Gasteiger charge is -2.06.